The summed E-state index contributed by atoms with van der Waals surface area (Å²) in [5, 5.41) is 4.19. The zero-order chi connectivity index (χ0) is 17.5. The molecule has 5 nitrogen and oxygen atoms in total. The lowest BCUT2D eigenvalue weighted by Crippen LogP contribution is -2.38. The Labute approximate surface area is 143 Å². The van der Waals surface area contributed by atoms with Gasteiger partial charge in [-0.05, 0) is 35.7 Å². The zero-order valence-corrected chi connectivity index (χ0v) is 14.7. The Balaban J connectivity index is 1.94. The quantitative estimate of drug-likeness (QED) is 0.688. The van der Waals surface area contributed by atoms with E-state index in [1.807, 2.05) is 38.1 Å². The lowest BCUT2D eigenvalue weighted by atomic mass is 10.0. The number of amides is 1. The van der Waals surface area contributed by atoms with E-state index in [4.69, 9.17) is 9.57 Å². The van der Waals surface area contributed by atoms with Gasteiger partial charge in [-0.1, -0.05) is 25.1 Å². The molecule has 1 aliphatic rings. The summed E-state index contributed by atoms with van der Waals surface area (Å²) in [6.07, 6.45) is 2.86. The number of nitrogens with zero attached hydrogens (tertiary/aromatic N) is 2. The monoisotopic (exact) mass is 330 g/mol. The van der Waals surface area contributed by atoms with E-state index >= 15 is 0 Å². The lowest BCUT2D eigenvalue weighted by Gasteiger charge is -2.24. The lowest BCUT2D eigenvalue weighted by molar-refractivity contribution is -0.133. The first-order valence-electron chi connectivity index (χ1n) is 8.29. The second-order valence-electron chi connectivity index (χ2n) is 6.38. The van der Waals surface area contributed by atoms with Crippen molar-refractivity contribution in [2.45, 2.75) is 32.8 Å². The van der Waals surface area contributed by atoms with Crippen LogP contribution in [0.4, 0.5) is 0 Å². The van der Waals surface area contributed by atoms with Gasteiger partial charge in [-0.2, -0.15) is 0 Å². The van der Waals surface area contributed by atoms with Crippen molar-refractivity contribution < 1.29 is 14.4 Å². The van der Waals surface area contributed by atoms with Crippen LogP contribution in [-0.2, 0) is 9.63 Å². The van der Waals surface area contributed by atoms with Gasteiger partial charge in [0.2, 0.25) is 5.91 Å². The predicted molar refractivity (Wildman–Crippen MR) is 95.3 cm³/mol. The molecule has 1 aromatic rings. The number of hydrogen-bond acceptors (Lipinski definition) is 4. The normalized spacial score (nSPS) is 16.5. The molecular formula is C19H26N2O3. The number of methoxy groups -OCH3 is 1. The SMILES string of the molecule is C=CCN(C[C@H]1CC(c2ccc(OC)cc2)=NO1)C(=O)CC(C)C. The summed E-state index contributed by atoms with van der Waals surface area (Å²) in [6, 6.07) is 7.74. The van der Waals surface area contributed by atoms with Gasteiger partial charge in [0.05, 0.1) is 19.4 Å². The van der Waals surface area contributed by atoms with E-state index in [0.29, 0.717) is 31.8 Å². The van der Waals surface area contributed by atoms with Gasteiger partial charge in [0, 0.05) is 19.4 Å². The maximum absolute atomic E-state index is 12.3. The minimum atomic E-state index is -0.113. The number of hydrogen-bond donors (Lipinski definition) is 0. The average molecular weight is 330 g/mol. The molecule has 0 unspecified atom stereocenters. The summed E-state index contributed by atoms with van der Waals surface area (Å²) in [7, 11) is 1.64. The van der Waals surface area contributed by atoms with E-state index in [2.05, 4.69) is 11.7 Å². The molecule has 0 fully saturated rings. The smallest absolute Gasteiger partial charge is 0.223 e. The topological polar surface area (TPSA) is 51.1 Å². The van der Waals surface area contributed by atoms with E-state index in [0.717, 1.165) is 17.0 Å². The fraction of sp³-hybridized carbons (Fsp3) is 0.474. The average Bonchev–Trinajstić information content (AvgIpc) is 3.02. The van der Waals surface area contributed by atoms with Crippen molar-refractivity contribution in [1.29, 1.82) is 0 Å². The summed E-state index contributed by atoms with van der Waals surface area (Å²) in [6.45, 7) is 8.89. The summed E-state index contributed by atoms with van der Waals surface area (Å²) in [5.41, 5.74) is 1.92. The van der Waals surface area contributed by atoms with E-state index in [9.17, 15) is 4.79 Å². The highest BCUT2D eigenvalue weighted by atomic mass is 16.6. The highest BCUT2D eigenvalue weighted by Gasteiger charge is 2.26. The standard InChI is InChI=1S/C19H26N2O3/c1-5-10-21(19(22)11-14(2)3)13-17-12-18(20-24-17)15-6-8-16(23-4)9-7-15/h5-9,14,17H,1,10-13H2,2-4H3/t17-/m1/s1. The van der Waals surface area contributed by atoms with Crippen molar-refractivity contribution in [3.63, 3.8) is 0 Å². The van der Waals surface area contributed by atoms with E-state index < -0.39 is 0 Å². The third-order valence-electron chi connectivity index (χ3n) is 3.87. The number of benzene rings is 1. The van der Waals surface area contributed by atoms with Crippen LogP contribution in [0.2, 0.25) is 0 Å². The van der Waals surface area contributed by atoms with Crippen LogP contribution in [-0.4, -0.2) is 42.8 Å². The van der Waals surface area contributed by atoms with Crippen molar-refractivity contribution in [3.8, 4) is 5.75 Å². The fourth-order valence-electron chi connectivity index (χ4n) is 2.64. The van der Waals surface area contributed by atoms with Crippen LogP contribution in [0.15, 0.2) is 42.1 Å². The first-order valence-corrected chi connectivity index (χ1v) is 8.29. The Morgan fingerprint density at radius 2 is 2.17 bits per heavy atom. The van der Waals surface area contributed by atoms with Crippen LogP contribution in [0.1, 0.15) is 32.3 Å². The van der Waals surface area contributed by atoms with Crippen molar-refractivity contribution in [2.24, 2.45) is 11.1 Å². The second-order valence-corrected chi connectivity index (χ2v) is 6.38. The Kier molecular flexibility index (Phi) is 6.41. The Morgan fingerprint density at radius 3 is 2.75 bits per heavy atom. The molecule has 0 spiro atoms. The molecule has 1 amide bonds. The molecule has 0 N–H and O–H groups in total. The molecule has 1 aromatic carbocycles. The van der Waals surface area contributed by atoms with Gasteiger partial charge >= 0.3 is 0 Å². The van der Waals surface area contributed by atoms with Gasteiger partial charge in [-0.3, -0.25) is 4.79 Å². The number of carbonyl (C=O) groups excluding carboxylic acids is 1. The van der Waals surface area contributed by atoms with Crippen LogP contribution >= 0.6 is 0 Å². The van der Waals surface area contributed by atoms with Crippen LogP contribution in [0.25, 0.3) is 0 Å². The van der Waals surface area contributed by atoms with Crippen LogP contribution in [0, 0.1) is 5.92 Å². The summed E-state index contributed by atoms with van der Waals surface area (Å²) in [4.78, 5) is 19.7. The van der Waals surface area contributed by atoms with Crippen LogP contribution < -0.4 is 4.74 Å². The zero-order valence-electron chi connectivity index (χ0n) is 14.7. The largest absolute Gasteiger partial charge is 0.497 e. The predicted octanol–water partition coefficient (Wildman–Crippen LogP) is 3.25. The van der Waals surface area contributed by atoms with Gasteiger partial charge in [-0.15, -0.1) is 6.58 Å². The fourth-order valence-corrected chi connectivity index (χ4v) is 2.64. The first kappa shape index (κ1) is 18.0. The molecule has 0 bridgehead atoms. The molecule has 1 heterocycles. The third-order valence-corrected chi connectivity index (χ3v) is 3.87. The number of rotatable bonds is 8. The highest BCUT2D eigenvalue weighted by molar-refractivity contribution is 6.01. The van der Waals surface area contributed by atoms with Gasteiger partial charge in [0.1, 0.15) is 5.75 Å². The van der Waals surface area contributed by atoms with Crippen LogP contribution in [0.3, 0.4) is 0 Å². The molecule has 1 aliphatic heterocycles. The molecule has 130 valence electrons. The minimum Gasteiger partial charge on any atom is -0.497 e. The van der Waals surface area contributed by atoms with Gasteiger partial charge in [0.25, 0.3) is 0 Å². The van der Waals surface area contributed by atoms with Crippen LogP contribution in [0.5, 0.6) is 5.75 Å². The molecule has 1 atom stereocenters. The maximum atomic E-state index is 12.3. The Bertz CT molecular complexity index is 593. The molecule has 0 saturated carbocycles. The number of oxime groups is 1. The molecule has 2 rings (SSSR count). The van der Waals surface area contributed by atoms with E-state index in [1.54, 1.807) is 18.1 Å². The van der Waals surface area contributed by atoms with E-state index in [-0.39, 0.29) is 12.0 Å². The summed E-state index contributed by atoms with van der Waals surface area (Å²) < 4.78 is 5.17. The molecule has 0 saturated heterocycles. The number of carbonyl (C=O) groups is 1. The van der Waals surface area contributed by atoms with E-state index in [1.165, 1.54) is 0 Å². The van der Waals surface area contributed by atoms with Crippen molar-refractivity contribution in [1.82, 2.24) is 4.90 Å². The molecular weight excluding hydrogens is 304 g/mol. The highest BCUT2D eigenvalue weighted by Crippen LogP contribution is 2.20. The summed E-state index contributed by atoms with van der Waals surface area (Å²) in [5.74, 6) is 1.28. The molecule has 5 heteroatoms. The van der Waals surface area contributed by atoms with Crippen molar-refractivity contribution in [3.05, 3.63) is 42.5 Å². The third kappa shape index (κ3) is 4.85. The van der Waals surface area contributed by atoms with Crippen molar-refractivity contribution in [2.75, 3.05) is 20.2 Å². The second kappa shape index (κ2) is 8.52. The molecule has 0 aliphatic carbocycles. The Morgan fingerprint density at radius 1 is 1.46 bits per heavy atom. The van der Waals surface area contributed by atoms with Gasteiger partial charge in [-0.25, -0.2) is 0 Å². The molecule has 0 radical (unpaired) electrons. The first-order chi connectivity index (χ1) is 11.5. The molecule has 24 heavy (non-hydrogen) atoms. The summed E-state index contributed by atoms with van der Waals surface area (Å²) >= 11 is 0. The molecule has 0 aromatic heterocycles. The van der Waals surface area contributed by atoms with Gasteiger partial charge in [0.15, 0.2) is 6.10 Å². The number of ether oxygens (including phenoxy) is 1. The Hall–Kier alpha value is -2.30. The van der Waals surface area contributed by atoms with Gasteiger partial charge < -0.3 is 14.5 Å². The van der Waals surface area contributed by atoms with Crippen molar-refractivity contribution >= 4 is 11.6 Å². The minimum absolute atomic E-state index is 0.113. The maximum Gasteiger partial charge on any atom is 0.223 e.